The molecular weight excluding hydrogens is 242 g/mol. The average molecular weight is 263 g/mol. The molecule has 0 spiro atoms. The van der Waals surface area contributed by atoms with Gasteiger partial charge in [0.2, 0.25) is 0 Å². The van der Waals surface area contributed by atoms with E-state index in [1.54, 1.807) is 19.1 Å². The number of carbonyl (C=O) groups is 1. The molecule has 4 heteroatoms. The highest BCUT2D eigenvalue weighted by Crippen LogP contribution is 2.15. The van der Waals surface area contributed by atoms with Crippen molar-refractivity contribution in [3.8, 4) is 11.8 Å². The normalized spacial score (nSPS) is 8.74. The van der Waals surface area contributed by atoms with Crippen LogP contribution in [0.5, 0.6) is 5.75 Å². The van der Waals surface area contributed by atoms with Gasteiger partial charge in [-0.2, -0.15) is 5.26 Å². The third kappa shape index (κ3) is 7.82. The van der Waals surface area contributed by atoms with Gasteiger partial charge in [-0.05, 0) is 25.5 Å². The van der Waals surface area contributed by atoms with E-state index in [2.05, 4.69) is 6.07 Å². The van der Waals surface area contributed by atoms with E-state index in [1.807, 2.05) is 26.0 Å². The molecule has 0 bridgehead atoms. The number of esters is 1. The Balaban J connectivity index is 0.000000362. The van der Waals surface area contributed by atoms with Crippen LogP contribution in [0.4, 0.5) is 0 Å². The second-order valence-electron chi connectivity index (χ2n) is 3.61. The fraction of sp³-hybridized carbons (Fsp3) is 0.467. The lowest BCUT2D eigenvalue weighted by Gasteiger charge is -2.02. The Kier molecular flexibility index (Phi) is 9.91. The number of hydrogen-bond donors (Lipinski definition) is 0. The van der Waals surface area contributed by atoms with E-state index in [0.29, 0.717) is 30.9 Å². The van der Waals surface area contributed by atoms with Crippen molar-refractivity contribution in [2.75, 3.05) is 13.2 Å². The van der Waals surface area contributed by atoms with Crippen LogP contribution in [-0.4, -0.2) is 19.2 Å². The molecule has 0 aliphatic carbocycles. The maximum Gasteiger partial charge on any atom is 0.305 e. The fourth-order valence-corrected chi connectivity index (χ4v) is 1.16. The van der Waals surface area contributed by atoms with Crippen LogP contribution in [0.2, 0.25) is 0 Å². The first-order valence-corrected chi connectivity index (χ1v) is 6.47. The highest BCUT2D eigenvalue weighted by atomic mass is 16.5. The van der Waals surface area contributed by atoms with Crippen LogP contribution in [0.1, 0.15) is 39.2 Å². The van der Waals surface area contributed by atoms with E-state index in [4.69, 9.17) is 14.7 Å². The van der Waals surface area contributed by atoms with Crippen LogP contribution >= 0.6 is 0 Å². The van der Waals surface area contributed by atoms with E-state index in [9.17, 15) is 4.79 Å². The number of benzene rings is 1. The van der Waals surface area contributed by atoms with E-state index in [1.165, 1.54) is 0 Å². The second-order valence-corrected chi connectivity index (χ2v) is 3.61. The Hall–Kier alpha value is -2.02. The minimum atomic E-state index is -0.105. The summed E-state index contributed by atoms with van der Waals surface area (Å²) < 4.78 is 9.91. The van der Waals surface area contributed by atoms with Gasteiger partial charge in [0.15, 0.2) is 0 Å². The molecule has 0 atom stereocenters. The minimum absolute atomic E-state index is 0.105. The summed E-state index contributed by atoms with van der Waals surface area (Å²) in [6.07, 6.45) is 1.39. The van der Waals surface area contributed by atoms with Crippen LogP contribution in [-0.2, 0) is 9.53 Å². The zero-order chi connectivity index (χ0) is 14.5. The third-order valence-corrected chi connectivity index (χ3v) is 2.06. The minimum Gasteiger partial charge on any atom is -0.492 e. The van der Waals surface area contributed by atoms with E-state index in [0.717, 1.165) is 6.42 Å². The molecular formula is C15H21NO3. The topological polar surface area (TPSA) is 59.3 Å². The van der Waals surface area contributed by atoms with Crippen molar-refractivity contribution in [3.63, 3.8) is 0 Å². The largest absolute Gasteiger partial charge is 0.492 e. The first-order chi connectivity index (χ1) is 9.19. The number of rotatable bonds is 5. The Labute approximate surface area is 115 Å². The molecule has 0 saturated carbocycles. The Bertz CT molecular complexity index is 410. The van der Waals surface area contributed by atoms with Crippen LogP contribution in [0, 0.1) is 11.3 Å². The molecule has 0 aliphatic rings. The highest BCUT2D eigenvalue weighted by molar-refractivity contribution is 5.68. The molecule has 19 heavy (non-hydrogen) atoms. The number of hydrogen-bond acceptors (Lipinski definition) is 4. The molecule has 104 valence electrons. The van der Waals surface area contributed by atoms with Crippen molar-refractivity contribution in [1.29, 1.82) is 5.26 Å². The molecule has 0 aliphatic heterocycles. The molecule has 4 nitrogen and oxygen atoms in total. The van der Waals surface area contributed by atoms with E-state index in [-0.39, 0.29) is 5.97 Å². The van der Waals surface area contributed by atoms with Crippen LogP contribution in [0.3, 0.4) is 0 Å². The number of nitriles is 1. The molecule has 0 saturated heterocycles. The summed E-state index contributed by atoms with van der Waals surface area (Å²) in [7, 11) is 0. The molecule has 0 fully saturated rings. The Morgan fingerprint density at radius 2 is 1.95 bits per heavy atom. The van der Waals surface area contributed by atoms with Crippen LogP contribution in [0.25, 0.3) is 0 Å². The molecule has 1 aromatic rings. The van der Waals surface area contributed by atoms with Crippen molar-refractivity contribution < 1.29 is 14.3 Å². The standard InChI is InChI=1S/C9H9NO.C6H12O2/c1-2-11-9-6-4-3-5-8(9)7-10;1-3-5-8-6(7)4-2/h3-6H,2H2,1H3;3-5H2,1-2H3. The van der Waals surface area contributed by atoms with Gasteiger partial charge in [-0.3, -0.25) is 4.79 Å². The van der Waals surface area contributed by atoms with Gasteiger partial charge in [0.25, 0.3) is 0 Å². The lowest BCUT2D eigenvalue weighted by molar-refractivity contribution is -0.143. The van der Waals surface area contributed by atoms with Gasteiger partial charge < -0.3 is 9.47 Å². The van der Waals surface area contributed by atoms with Crippen LogP contribution in [0.15, 0.2) is 24.3 Å². The second kappa shape index (κ2) is 11.1. The maximum atomic E-state index is 10.3. The molecule has 0 N–H and O–H groups in total. The molecule has 1 aromatic carbocycles. The number of nitrogens with zero attached hydrogens (tertiary/aromatic N) is 1. The number of para-hydroxylation sites is 1. The predicted octanol–water partition coefficient (Wildman–Crippen LogP) is 3.31. The van der Waals surface area contributed by atoms with Crippen molar-refractivity contribution in [1.82, 2.24) is 0 Å². The fourth-order valence-electron chi connectivity index (χ4n) is 1.16. The summed E-state index contributed by atoms with van der Waals surface area (Å²) in [5.74, 6) is 0.560. The lowest BCUT2D eigenvalue weighted by Crippen LogP contribution is -2.02. The Morgan fingerprint density at radius 1 is 1.26 bits per heavy atom. The highest BCUT2D eigenvalue weighted by Gasteiger charge is 1.98. The SMILES string of the molecule is CCCOC(=O)CC.CCOc1ccccc1C#N. The van der Waals surface area contributed by atoms with Crippen LogP contribution < -0.4 is 4.74 Å². The summed E-state index contributed by atoms with van der Waals surface area (Å²) >= 11 is 0. The average Bonchev–Trinajstić information content (AvgIpc) is 2.46. The predicted molar refractivity (Wildman–Crippen MR) is 73.9 cm³/mol. The number of carbonyl (C=O) groups excluding carboxylic acids is 1. The summed E-state index contributed by atoms with van der Waals surface area (Å²) in [5.41, 5.74) is 0.592. The van der Waals surface area contributed by atoms with Gasteiger partial charge >= 0.3 is 5.97 Å². The van der Waals surface area contributed by atoms with Crippen molar-refractivity contribution >= 4 is 5.97 Å². The maximum absolute atomic E-state index is 10.3. The Morgan fingerprint density at radius 3 is 2.47 bits per heavy atom. The third-order valence-electron chi connectivity index (χ3n) is 2.06. The van der Waals surface area contributed by atoms with Gasteiger partial charge in [0.1, 0.15) is 11.8 Å². The van der Waals surface area contributed by atoms with Gasteiger partial charge in [-0.15, -0.1) is 0 Å². The van der Waals surface area contributed by atoms with Crippen molar-refractivity contribution in [2.45, 2.75) is 33.6 Å². The first kappa shape index (κ1) is 17.0. The molecule has 0 unspecified atom stereocenters. The molecule has 1 rings (SSSR count). The molecule has 0 aromatic heterocycles. The summed E-state index contributed by atoms with van der Waals surface area (Å²) in [5, 5.41) is 8.62. The smallest absolute Gasteiger partial charge is 0.305 e. The van der Waals surface area contributed by atoms with Gasteiger partial charge in [-0.1, -0.05) is 26.0 Å². The lowest BCUT2D eigenvalue weighted by atomic mass is 10.2. The summed E-state index contributed by atoms with van der Waals surface area (Å²) in [4.78, 5) is 10.3. The molecule has 0 amide bonds. The van der Waals surface area contributed by atoms with E-state index < -0.39 is 0 Å². The zero-order valence-corrected chi connectivity index (χ0v) is 11.8. The van der Waals surface area contributed by atoms with Gasteiger partial charge in [0, 0.05) is 6.42 Å². The van der Waals surface area contributed by atoms with Crippen molar-refractivity contribution in [2.24, 2.45) is 0 Å². The number of ether oxygens (including phenoxy) is 2. The molecule has 0 heterocycles. The van der Waals surface area contributed by atoms with Gasteiger partial charge in [0.05, 0.1) is 18.8 Å². The summed E-state index contributed by atoms with van der Waals surface area (Å²) in [6, 6.07) is 9.26. The molecule has 0 radical (unpaired) electrons. The van der Waals surface area contributed by atoms with Crippen molar-refractivity contribution in [3.05, 3.63) is 29.8 Å². The van der Waals surface area contributed by atoms with E-state index >= 15 is 0 Å². The summed E-state index contributed by atoms with van der Waals surface area (Å²) in [6.45, 7) is 6.82. The zero-order valence-electron chi connectivity index (χ0n) is 11.8. The quantitative estimate of drug-likeness (QED) is 0.765. The first-order valence-electron chi connectivity index (χ1n) is 6.47. The monoisotopic (exact) mass is 263 g/mol. The van der Waals surface area contributed by atoms with Gasteiger partial charge in [-0.25, -0.2) is 0 Å².